The zero-order valence-corrected chi connectivity index (χ0v) is 10.9. The van der Waals surface area contributed by atoms with E-state index in [1.165, 1.54) is 12.3 Å². The number of rotatable bonds is 6. The third-order valence-electron chi connectivity index (χ3n) is 2.98. The van der Waals surface area contributed by atoms with Gasteiger partial charge in [0.2, 0.25) is 5.91 Å². The molecule has 4 nitrogen and oxygen atoms in total. The van der Waals surface area contributed by atoms with Gasteiger partial charge in [-0.05, 0) is 30.2 Å². The monoisotopic (exact) mass is 277 g/mol. The lowest BCUT2D eigenvalue weighted by Gasteiger charge is -2.13. The van der Waals surface area contributed by atoms with Gasteiger partial charge in [-0.3, -0.25) is 4.79 Å². The first-order valence-electron chi connectivity index (χ1n) is 6.37. The predicted octanol–water partition coefficient (Wildman–Crippen LogP) is 2.20. The number of nitrogens with one attached hydrogen (secondary N) is 1. The highest BCUT2D eigenvalue weighted by Crippen LogP contribution is 2.13. The van der Waals surface area contributed by atoms with E-state index in [4.69, 9.17) is 4.42 Å². The largest absolute Gasteiger partial charge is 0.467 e. The molecule has 0 aliphatic heterocycles. The van der Waals surface area contributed by atoms with Gasteiger partial charge < -0.3 is 14.8 Å². The molecule has 1 aromatic heterocycles. The number of halogens is 1. The fourth-order valence-corrected chi connectivity index (χ4v) is 1.91. The molecule has 20 heavy (non-hydrogen) atoms. The second kappa shape index (κ2) is 6.86. The van der Waals surface area contributed by atoms with E-state index in [1.807, 2.05) is 0 Å². The van der Waals surface area contributed by atoms with Crippen molar-refractivity contribution in [1.29, 1.82) is 0 Å². The van der Waals surface area contributed by atoms with Crippen molar-refractivity contribution in [2.24, 2.45) is 0 Å². The summed E-state index contributed by atoms with van der Waals surface area (Å²) in [6.07, 6.45) is 1.94. The number of furan rings is 1. The van der Waals surface area contributed by atoms with Crippen molar-refractivity contribution < 1.29 is 18.7 Å². The third-order valence-corrected chi connectivity index (χ3v) is 2.98. The molecule has 1 heterocycles. The van der Waals surface area contributed by atoms with Crippen molar-refractivity contribution in [2.75, 3.05) is 6.61 Å². The van der Waals surface area contributed by atoms with Gasteiger partial charge in [-0.2, -0.15) is 0 Å². The van der Waals surface area contributed by atoms with E-state index < -0.39 is 6.04 Å². The van der Waals surface area contributed by atoms with Gasteiger partial charge in [-0.1, -0.05) is 18.2 Å². The van der Waals surface area contributed by atoms with Crippen LogP contribution in [0, 0.1) is 5.82 Å². The highest BCUT2D eigenvalue weighted by Gasteiger charge is 2.16. The number of aliphatic hydroxyl groups is 1. The highest BCUT2D eigenvalue weighted by atomic mass is 19.1. The minimum Gasteiger partial charge on any atom is -0.467 e. The summed E-state index contributed by atoms with van der Waals surface area (Å²) in [6, 6.07) is 9.15. The van der Waals surface area contributed by atoms with Crippen molar-refractivity contribution in [1.82, 2.24) is 5.32 Å². The summed E-state index contributed by atoms with van der Waals surface area (Å²) in [5.74, 6) is -0.0829. The summed E-state index contributed by atoms with van der Waals surface area (Å²) in [7, 11) is 0. The topological polar surface area (TPSA) is 62.5 Å². The maximum Gasteiger partial charge on any atom is 0.220 e. The van der Waals surface area contributed by atoms with Crippen molar-refractivity contribution in [3.63, 3.8) is 0 Å². The van der Waals surface area contributed by atoms with Gasteiger partial charge in [0.15, 0.2) is 0 Å². The van der Waals surface area contributed by atoms with E-state index in [0.717, 1.165) is 0 Å². The summed E-state index contributed by atoms with van der Waals surface area (Å²) < 4.78 is 18.5. The number of amides is 1. The zero-order valence-electron chi connectivity index (χ0n) is 10.9. The van der Waals surface area contributed by atoms with Crippen LogP contribution in [0.5, 0.6) is 0 Å². The molecule has 0 aliphatic carbocycles. The molecule has 0 fully saturated rings. The molecule has 2 rings (SSSR count). The molecule has 0 saturated carbocycles. The lowest BCUT2D eigenvalue weighted by Crippen LogP contribution is -2.30. The average molecular weight is 277 g/mol. The van der Waals surface area contributed by atoms with Gasteiger partial charge in [0.25, 0.3) is 0 Å². The van der Waals surface area contributed by atoms with Crippen molar-refractivity contribution in [3.05, 3.63) is 59.8 Å². The summed E-state index contributed by atoms with van der Waals surface area (Å²) in [5, 5.41) is 11.9. The van der Waals surface area contributed by atoms with Gasteiger partial charge >= 0.3 is 0 Å². The Labute approximate surface area is 116 Å². The molecule has 0 radical (unpaired) electrons. The number of hydrogen-bond acceptors (Lipinski definition) is 3. The third kappa shape index (κ3) is 3.68. The summed E-state index contributed by atoms with van der Waals surface area (Å²) in [6.45, 7) is -0.251. The number of carbonyl (C=O) groups excluding carboxylic acids is 1. The zero-order chi connectivity index (χ0) is 14.4. The Morgan fingerprint density at radius 3 is 2.75 bits per heavy atom. The second-order valence-corrected chi connectivity index (χ2v) is 4.41. The number of hydrogen-bond donors (Lipinski definition) is 2. The molecule has 1 unspecified atom stereocenters. The normalized spacial score (nSPS) is 12.1. The molecular weight excluding hydrogens is 261 g/mol. The van der Waals surface area contributed by atoms with Crippen LogP contribution in [0.4, 0.5) is 4.39 Å². The lowest BCUT2D eigenvalue weighted by molar-refractivity contribution is -0.122. The number of benzene rings is 1. The van der Waals surface area contributed by atoms with Gasteiger partial charge in [0.05, 0.1) is 12.9 Å². The van der Waals surface area contributed by atoms with E-state index >= 15 is 0 Å². The molecule has 2 aromatic rings. The van der Waals surface area contributed by atoms with Crippen molar-refractivity contribution in [2.45, 2.75) is 18.9 Å². The maximum atomic E-state index is 13.4. The predicted molar refractivity (Wildman–Crippen MR) is 71.4 cm³/mol. The van der Waals surface area contributed by atoms with E-state index in [1.54, 1.807) is 30.3 Å². The molecule has 2 N–H and O–H groups in total. The maximum absolute atomic E-state index is 13.4. The summed E-state index contributed by atoms with van der Waals surface area (Å²) in [5.41, 5.74) is 0.501. The van der Waals surface area contributed by atoms with Crippen LogP contribution in [0.2, 0.25) is 0 Å². The Hall–Kier alpha value is -2.14. The molecule has 1 atom stereocenters. The molecule has 106 valence electrons. The summed E-state index contributed by atoms with van der Waals surface area (Å²) in [4.78, 5) is 11.8. The first kappa shape index (κ1) is 14.3. The van der Waals surface area contributed by atoms with Crippen molar-refractivity contribution in [3.8, 4) is 0 Å². The van der Waals surface area contributed by atoms with Gasteiger partial charge in [0.1, 0.15) is 17.6 Å². The van der Waals surface area contributed by atoms with Gasteiger partial charge in [-0.25, -0.2) is 4.39 Å². The standard InChI is InChI=1S/C15H16FNO3/c16-12-5-2-1-4-11(12)7-8-15(19)17-13(10-18)14-6-3-9-20-14/h1-6,9,13,18H,7-8,10H2,(H,17,19). The Morgan fingerprint density at radius 2 is 2.10 bits per heavy atom. The van der Waals surface area contributed by atoms with E-state index in [2.05, 4.69) is 5.32 Å². The van der Waals surface area contributed by atoms with Crippen LogP contribution in [0.1, 0.15) is 23.8 Å². The first-order chi connectivity index (χ1) is 9.70. The van der Waals surface area contributed by atoms with Crippen LogP contribution in [0.3, 0.4) is 0 Å². The Bertz CT molecular complexity index is 554. The SMILES string of the molecule is O=C(CCc1ccccc1F)NC(CO)c1ccco1. The molecule has 0 aliphatic rings. The first-order valence-corrected chi connectivity index (χ1v) is 6.37. The van der Waals surface area contributed by atoms with Crippen LogP contribution in [-0.4, -0.2) is 17.6 Å². The second-order valence-electron chi connectivity index (χ2n) is 4.41. The Balaban J connectivity index is 1.88. The lowest BCUT2D eigenvalue weighted by atomic mass is 10.1. The fourth-order valence-electron chi connectivity index (χ4n) is 1.91. The Morgan fingerprint density at radius 1 is 1.30 bits per heavy atom. The molecule has 5 heteroatoms. The van der Waals surface area contributed by atoms with Crippen LogP contribution in [0.25, 0.3) is 0 Å². The molecule has 0 saturated heterocycles. The van der Waals surface area contributed by atoms with Crippen LogP contribution in [-0.2, 0) is 11.2 Å². The minimum atomic E-state index is -0.571. The fraction of sp³-hybridized carbons (Fsp3) is 0.267. The number of aryl methyl sites for hydroxylation is 1. The Kier molecular flexibility index (Phi) is 4.90. The van der Waals surface area contributed by atoms with Crippen molar-refractivity contribution >= 4 is 5.91 Å². The molecule has 0 bridgehead atoms. The molecular formula is C15H16FNO3. The number of carbonyl (C=O) groups is 1. The van der Waals surface area contributed by atoms with Crippen LogP contribution >= 0.6 is 0 Å². The molecule has 0 spiro atoms. The molecule has 1 aromatic carbocycles. The van der Waals surface area contributed by atoms with Crippen LogP contribution in [0.15, 0.2) is 47.1 Å². The van der Waals surface area contributed by atoms with E-state index in [0.29, 0.717) is 17.7 Å². The molecule has 1 amide bonds. The number of aliphatic hydroxyl groups excluding tert-OH is 1. The van der Waals surface area contributed by atoms with E-state index in [-0.39, 0.29) is 24.8 Å². The average Bonchev–Trinajstić information content (AvgIpc) is 2.98. The minimum absolute atomic E-state index is 0.151. The van der Waals surface area contributed by atoms with E-state index in [9.17, 15) is 14.3 Å². The summed E-state index contributed by atoms with van der Waals surface area (Å²) >= 11 is 0. The van der Waals surface area contributed by atoms with Gasteiger partial charge in [0, 0.05) is 6.42 Å². The highest BCUT2D eigenvalue weighted by molar-refractivity contribution is 5.76. The van der Waals surface area contributed by atoms with Crippen LogP contribution < -0.4 is 5.32 Å². The smallest absolute Gasteiger partial charge is 0.220 e. The van der Waals surface area contributed by atoms with Gasteiger partial charge in [-0.15, -0.1) is 0 Å². The quantitative estimate of drug-likeness (QED) is 0.851.